The number of carbonyl (C=O) groups excluding carboxylic acids is 1. The van der Waals surface area contributed by atoms with E-state index in [9.17, 15) is 4.79 Å². The van der Waals surface area contributed by atoms with Crippen LogP contribution in [0, 0.1) is 0 Å². The van der Waals surface area contributed by atoms with E-state index in [0.29, 0.717) is 5.69 Å². The molecule has 0 aliphatic carbocycles. The molecule has 1 amide bonds. The number of benzene rings is 1. The van der Waals surface area contributed by atoms with Crippen molar-refractivity contribution in [3.63, 3.8) is 0 Å². The maximum atomic E-state index is 11.8. The van der Waals surface area contributed by atoms with Gasteiger partial charge in [-0.15, -0.1) is 5.10 Å². The van der Waals surface area contributed by atoms with Crippen LogP contribution < -0.4 is 5.32 Å². The van der Waals surface area contributed by atoms with E-state index in [2.05, 4.69) is 36.8 Å². The fourth-order valence-electron chi connectivity index (χ4n) is 1.45. The SMILES string of the molecule is CCC(Br)C(=O)Nc1ccccc1-n1cnnn1. The van der Waals surface area contributed by atoms with Crippen molar-refractivity contribution in [2.45, 2.75) is 18.2 Å². The molecule has 0 bridgehead atoms. The quantitative estimate of drug-likeness (QED) is 0.874. The second kappa shape index (κ2) is 5.72. The van der Waals surface area contributed by atoms with Gasteiger partial charge in [0.2, 0.25) is 5.91 Å². The molecular formula is C11H12BrN5O. The lowest BCUT2D eigenvalue weighted by atomic mass is 10.2. The standard InChI is InChI=1S/C11H12BrN5O/c1-2-8(12)11(18)14-9-5-3-4-6-10(9)17-7-13-15-16-17/h3-8H,2H2,1H3,(H,14,18). The van der Waals surface area contributed by atoms with E-state index >= 15 is 0 Å². The highest BCUT2D eigenvalue weighted by atomic mass is 79.9. The number of aromatic nitrogens is 4. The smallest absolute Gasteiger partial charge is 0.238 e. The number of alkyl halides is 1. The van der Waals surface area contributed by atoms with E-state index in [1.165, 1.54) is 11.0 Å². The first-order chi connectivity index (χ1) is 8.72. The largest absolute Gasteiger partial charge is 0.323 e. The summed E-state index contributed by atoms with van der Waals surface area (Å²) in [5.74, 6) is -0.0852. The van der Waals surface area contributed by atoms with Gasteiger partial charge in [0, 0.05) is 0 Å². The molecule has 0 saturated carbocycles. The van der Waals surface area contributed by atoms with Gasteiger partial charge in [0.25, 0.3) is 0 Å². The normalized spacial score (nSPS) is 12.1. The first-order valence-electron chi connectivity index (χ1n) is 5.49. The monoisotopic (exact) mass is 309 g/mol. The van der Waals surface area contributed by atoms with E-state index in [-0.39, 0.29) is 10.7 Å². The van der Waals surface area contributed by atoms with Crippen molar-refractivity contribution in [1.29, 1.82) is 0 Å². The highest BCUT2D eigenvalue weighted by Gasteiger charge is 2.14. The van der Waals surface area contributed by atoms with Crippen molar-refractivity contribution in [2.24, 2.45) is 0 Å². The molecule has 7 heteroatoms. The van der Waals surface area contributed by atoms with Crippen LogP contribution >= 0.6 is 15.9 Å². The van der Waals surface area contributed by atoms with Gasteiger partial charge in [0.1, 0.15) is 6.33 Å². The van der Waals surface area contributed by atoms with Gasteiger partial charge < -0.3 is 5.32 Å². The number of carbonyl (C=O) groups is 1. The summed E-state index contributed by atoms with van der Waals surface area (Å²) in [5, 5.41) is 13.8. The van der Waals surface area contributed by atoms with Crippen LogP contribution in [0.3, 0.4) is 0 Å². The van der Waals surface area contributed by atoms with Crippen LogP contribution in [0.15, 0.2) is 30.6 Å². The Labute approximate surface area is 113 Å². The highest BCUT2D eigenvalue weighted by molar-refractivity contribution is 9.10. The molecule has 1 aromatic carbocycles. The van der Waals surface area contributed by atoms with Crippen molar-refractivity contribution in [2.75, 3.05) is 5.32 Å². The number of amides is 1. The van der Waals surface area contributed by atoms with Crippen LogP contribution in [0.2, 0.25) is 0 Å². The van der Waals surface area contributed by atoms with Gasteiger partial charge in [-0.2, -0.15) is 4.68 Å². The molecule has 1 aromatic heterocycles. The molecule has 1 N–H and O–H groups in total. The topological polar surface area (TPSA) is 72.7 Å². The number of hydrogen-bond donors (Lipinski definition) is 1. The Balaban J connectivity index is 2.26. The van der Waals surface area contributed by atoms with Crippen LogP contribution in [0.25, 0.3) is 5.69 Å². The zero-order valence-electron chi connectivity index (χ0n) is 9.75. The van der Waals surface area contributed by atoms with Crippen molar-refractivity contribution < 1.29 is 4.79 Å². The Hall–Kier alpha value is -1.76. The number of halogens is 1. The van der Waals surface area contributed by atoms with Gasteiger partial charge in [0.15, 0.2) is 0 Å². The molecular weight excluding hydrogens is 298 g/mol. The number of nitrogens with zero attached hydrogens (tertiary/aromatic N) is 4. The summed E-state index contributed by atoms with van der Waals surface area (Å²) >= 11 is 3.31. The first kappa shape index (κ1) is 12.7. The Bertz CT molecular complexity index is 528. The van der Waals surface area contributed by atoms with Crippen molar-refractivity contribution in [3.05, 3.63) is 30.6 Å². The van der Waals surface area contributed by atoms with Crippen LogP contribution in [-0.2, 0) is 4.79 Å². The third kappa shape index (κ3) is 2.73. The molecule has 0 aliphatic rings. The second-order valence-electron chi connectivity index (χ2n) is 3.64. The molecule has 0 fully saturated rings. The van der Waals surface area contributed by atoms with Crippen LogP contribution in [-0.4, -0.2) is 30.9 Å². The summed E-state index contributed by atoms with van der Waals surface area (Å²) in [6.07, 6.45) is 2.20. The summed E-state index contributed by atoms with van der Waals surface area (Å²) < 4.78 is 1.50. The fourth-order valence-corrected chi connectivity index (χ4v) is 1.56. The molecule has 2 rings (SSSR count). The molecule has 18 heavy (non-hydrogen) atoms. The minimum absolute atomic E-state index is 0.0852. The number of nitrogens with one attached hydrogen (secondary N) is 1. The Morgan fingerprint density at radius 1 is 1.50 bits per heavy atom. The molecule has 94 valence electrons. The maximum Gasteiger partial charge on any atom is 0.238 e. The van der Waals surface area contributed by atoms with Gasteiger partial charge in [0.05, 0.1) is 16.2 Å². The van der Waals surface area contributed by atoms with Gasteiger partial charge in [-0.1, -0.05) is 35.0 Å². The average molecular weight is 310 g/mol. The van der Waals surface area contributed by atoms with E-state index in [1.807, 2.05) is 31.2 Å². The van der Waals surface area contributed by atoms with Crippen molar-refractivity contribution >= 4 is 27.5 Å². The van der Waals surface area contributed by atoms with Crippen LogP contribution in [0.4, 0.5) is 5.69 Å². The zero-order valence-corrected chi connectivity index (χ0v) is 11.3. The zero-order chi connectivity index (χ0) is 13.0. The fraction of sp³-hybridized carbons (Fsp3) is 0.273. The van der Waals surface area contributed by atoms with Crippen molar-refractivity contribution in [1.82, 2.24) is 20.2 Å². The predicted molar refractivity (Wildman–Crippen MR) is 70.8 cm³/mol. The summed E-state index contributed by atoms with van der Waals surface area (Å²) in [4.78, 5) is 11.6. The lowest BCUT2D eigenvalue weighted by molar-refractivity contribution is -0.115. The molecule has 1 atom stereocenters. The molecule has 0 spiro atoms. The molecule has 1 unspecified atom stereocenters. The number of para-hydroxylation sites is 2. The van der Waals surface area contributed by atoms with Gasteiger partial charge >= 0.3 is 0 Å². The second-order valence-corrected chi connectivity index (χ2v) is 4.74. The molecule has 0 saturated heterocycles. The lowest BCUT2D eigenvalue weighted by Gasteiger charge is -2.12. The molecule has 0 aliphatic heterocycles. The highest BCUT2D eigenvalue weighted by Crippen LogP contribution is 2.19. The average Bonchev–Trinajstić information content (AvgIpc) is 2.92. The van der Waals surface area contributed by atoms with E-state index < -0.39 is 0 Å². The first-order valence-corrected chi connectivity index (χ1v) is 6.41. The van der Waals surface area contributed by atoms with Crippen LogP contribution in [0.1, 0.15) is 13.3 Å². The van der Waals surface area contributed by atoms with E-state index in [1.54, 1.807) is 0 Å². The molecule has 1 heterocycles. The minimum Gasteiger partial charge on any atom is -0.323 e. The Kier molecular flexibility index (Phi) is 4.03. The summed E-state index contributed by atoms with van der Waals surface area (Å²) in [6, 6.07) is 7.35. The molecule has 0 radical (unpaired) electrons. The number of tetrazole rings is 1. The van der Waals surface area contributed by atoms with Crippen LogP contribution in [0.5, 0.6) is 0 Å². The third-order valence-electron chi connectivity index (χ3n) is 2.40. The number of hydrogen-bond acceptors (Lipinski definition) is 4. The summed E-state index contributed by atoms with van der Waals surface area (Å²) in [7, 11) is 0. The Morgan fingerprint density at radius 3 is 2.94 bits per heavy atom. The number of rotatable bonds is 4. The van der Waals surface area contributed by atoms with Crippen molar-refractivity contribution in [3.8, 4) is 5.69 Å². The van der Waals surface area contributed by atoms with E-state index in [4.69, 9.17) is 0 Å². The number of anilines is 1. The maximum absolute atomic E-state index is 11.8. The Morgan fingerprint density at radius 2 is 2.28 bits per heavy atom. The lowest BCUT2D eigenvalue weighted by Crippen LogP contribution is -2.22. The van der Waals surface area contributed by atoms with Gasteiger partial charge in [-0.25, -0.2) is 0 Å². The summed E-state index contributed by atoms with van der Waals surface area (Å²) in [6.45, 7) is 1.94. The predicted octanol–water partition coefficient (Wildman–Crippen LogP) is 1.77. The molecule has 2 aromatic rings. The van der Waals surface area contributed by atoms with Gasteiger partial charge in [-0.05, 0) is 29.0 Å². The van der Waals surface area contributed by atoms with Gasteiger partial charge in [-0.3, -0.25) is 4.79 Å². The summed E-state index contributed by atoms with van der Waals surface area (Å²) in [5.41, 5.74) is 1.40. The van der Waals surface area contributed by atoms with E-state index in [0.717, 1.165) is 12.1 Å². The minimum atomic E-state index is -0.209. The molecule has 6 nitrogen and oxygen atoms in total. The third-order valence-corrected chi connectivity index (χ3v) is 3.46.